The first-order valence-corrected chi connectivity index (χ1v) is 12.6. The van der Waals surface area contributed by atoms with E-state index in [1.165, 1.54) is 21.9 Å². The van der Waals surface area contributed by atoms with E-state index < -0.39 is 30.1 Å². The molecule has 3 amide bonds. The van der Waals surface area contributed by atoms with E-state index in [2.05, 4.69) is 5.32 Å². The number of rotatable bonds is 5. The van der Waals surface area contributed by atoms with Crippen LogP contribution in [0, 0.1) is 0 Å². The lowest BCUT2D eigenvalue weighted by molar-refractivity contribution is -0.137. The van der Waals surface area contributed by atoms with Gasteiger partial charge in [0, 0.05) is 17.9 Å². The predicted molar refractivity (Wildman–Crippen MR) is 137 cm³/mol. The number of amides is 3. The summed E-state index contributed by atoms with van der Waals surface area (Å²) in [7, 11) is 0. The van der Waals surface area contributed by atoms with Gasteiger partial charge in [-0.2, -0.15) is 13.2 Å². The Kier molecular flexibility index (Phi) is 6.82. The van der Waals surface area contributed by atoms with E-state index in [1.807, 2.05) is 0 Å². The fraction of sp³-hybridized carbons (Fsp3) is 0.280. The quantitative estimate of drug-likeness (QED) is 0.441. The predicted octanol–water partition coefficient (Wildman–Crippen LogP) is 4.44. The summed E-state index contributed by atoms with van der Waals surface area (Å²) < 4.78 is 45.0. The smallest absolute Gasteiger partial charge is 0.376 e. The van der Waals surface area contributed by atoms with Crippen molar-refractivity contribution in [3.05, 3.63) is 64.6 Å². The van der Waals surface area contributed by atoms with Crippen LogP contribution in [0.5, 0.6) is 0 Å². The first-order chi connectivity index (χ1) is 17.6. The zero-order valence-electron chi connectivity index (χ0n) is 19.2. The van der Waals surface area contributed by atoms with Gasteiger partial charge >= 0.3 is 6.18 Å². The van der Waals surface area contributed by atoms with Crippen LogP contribution in [0.15, 0.2) is 53.4 Å². The number of alkyl halides is 3. The SMILES string of the molecule is O=C(CN1C(=O)/C(=C2\SC(=S)N(C[C@@H]3CCCO3)C2=O)c2ccccc21)Nc1cccc(C(F)(F)F)c1. The third kappa shape index (κ3) is 5.00. The molecule has 0 unspecified atom stereocenters. The third-order valence-corrected chi connectivity index (χ3v) is 7.63. The van der Waals surface area contributed by atoms with Crippen molar-refractivity contribution in [2.45, 2.75) is 25.1 Å². The van der Waals surface area contributed by atoms with E-state index in [-0.39, 0.29) is 28.2 Å². The number of thiocarbonyl (C=S) groups is 1. The molecule has 192 valence electrons. The van der Waals surface area contributed by atoms with Crippen molar-refractivity contribution in [2.24, 2.45) is 0 Å². The number of carbonyl (C=O) groups is 3. The van der Waals surface area contributed by atoms with Crippen LogP contribution in [-0.4, -0.2) is 52.7 Å². The Bertz CT molecular complexity index is 1340. The number of thioether (sulfide) groups is 1. The van der Waals surface area contributed by atoms with E-state index in [9.17, 15) is 27.6 Å². The molecule has 0 spiro atoms. The highest BCUT2D eigenvalue weighted by Gasteiger charge is 2.43. The van der Waals surface area contributed by atoms with E-state index >= 15 is 0 Å². The molecule has 3 aliphatic rings. The maximum Gasteiger partial charge on any atom is 0.416 e. The van der Waals surface area contributed by atoms with Crippen molar-refractivity contribution < 1.29 is 32.3 Å². The largest absolute Gasteiger partial charge is 0.416 e. The van der Waals surface area contributed by atoms with Gasteiger partial charge in [0.1, 0.15) is 10.9 Å². The van der Waals surface area contributed by atoms with Crippen LogP contribution in [0.4, 0.5) is 24.5 Å². The zero-order chi connectivity index (χ0) is 26.3. The monoisotopic (exact) mass is 547 g/mol. The molecular weight excluding hydrogens is 527 g/mol. The molecule has 0 aliphatic carbocycles. The number of carbonyl (C=O) groups excluding carboxylic acids is 3. The van der Waals surface area contributed by atoms with Crippen LogP contribution < -0.4 is 10.2 Å². The Morgan fingerprint density at radius 1 is 1.11 bits per heavy atom. The van der Waals surface area contributed by atoms with Gasteiger partial charge in [-0.3, -0.25) is 24.2 Å². The number of nitrogens with one attached hydrogen (secondary N) is 1. The highest BCUT2D eigenvalue weighted by Crippen LogP contribution is 2.44. The molecule has 2 aromatic rings. The van der Waals surface area contributed by atoms with Gasteiger partial charge in [-0.25, -0.2) is 0 Å². The minimum atomic E-state index is -4.56. The molecule has 2 fully saturated rings. The van der Waals surface area contributed by atoms with Crippen LogP contribution in [0.2, 0.25) is 0 Å². The molecule has 2 aromatic carbocycles. The highest BCUT2D eigenvalue weighted by atomic mass is 32.2. The normalized spacial score (nSPS) is 21.7. The topological polar surface area (TPSA) is 79.0 Å². The average molecular weight is 548 g/mol. The maximum absolute atomic E-state index is 13.5. The molecule has 0 saturated carbocycles. The van der Waals surface area contributed by atoms with Gasteiger partial charge in [0.15, 0.2) is 0 Å². The standard InChI is InChI=1S/C25H20F3N3O4S2/c26-25(27,28)14-5-3-6-15(11-14)29-19(32)13-30-18-9-2-1-8-17(18)20(22(30)33)21-23(34)31(24(36)37-21)12-16-7-4-10-35-16/h1-3,5-6,8-9,11,16H,4,7,10,12-13H2,(H,29,32)/b21-20-/t16-/m0/s1. The van der Waals surface area contributed by atoms with Crippen LogP contribution in [0.25, 0.3) is 5.57 Å². The number of fused-ring (bicyclic) bond motifs is 1. The van der Waals surface area contributed by atoms with Crippen LogP contribution >= 0.6 is 24.0 Å². The van der Waals surface area contributed by atoms with E-state index in [0.717, 1.165) is 36.7 Å². The van der Waals surface area contributed by atoms with Crippen molar-refractivity contribution in [1.29, 1.82) is 0 Å². The van der Waals surface area contributed by atoms with Gasteiger partial charge in [-0.1, -0.05) is 48.2 Å². The number of benzene rings is 2. The number of nitrogens with zero attached hydrogens (tertiary/aromatic N) is 2. The molecule has 3 heterocycles. The number of ether oxygens (including phenoxy) is 1. The Morgan fingerprint density at radius 3 is 2.62 bits per heavy atom. The molecular formula is C25H20F3N3O4S2. The minimum absolute atomic E-state index is 0.0463. The molecule has 3 aliphatic heterocycles. The first kappa shape index (κ1) is 25.4. The van der Waals surface area contributed by atoms with Crippen LogP contribution in [0.3, 0.4) is 0 Å². The summed E-state index contributed by atoms with van der Waals surface area (Å²) >= 11 is 6.45. The summed E-state index contributed by atoms with van der Waals surface area (Å²) in [4.78, 5) is 42.4. The zero-order valence-corrected chi connectivity index (χ0v) is 20.8. The number of anilines is 2. The molecule has 2 saturated heterocycles. The minimum Gasteiger partial charge on any atom is -0.376 e. The molecule has 0 aromatic heterocycles. The summed E-state index contributed by atoms with van der Waals surface area (Å²) in [6.07, 6.45) is -2.95. The Morgan fingerprint density at radius 2 is 1.89 bits per heavy atom. The fourth-order valence-corrected chi connectivity index (χ4v) is 5.82. The van der Waals surface area contributed by atoms with Gasteiger partial charge in [0.2, 0.25) is 5.91 Å². The summed E-state index contributed by atoms with van der Waals surface area (Å²) in [5, 5.41) is 2.42. The molecule has 0 bridgehead atoms. The van der Waals surface area contributed by atoms with Gasteiger partial charge in [0.05, 0.1) is 34.4 Å². The lowest BCUT2D eigenvalue weighted by Crippen LogP contribution is -2.36. The van der Waals surface area contributed by atoms with Crippen LogP contribution in [0.1, 0.15) is 24.0 Å². The van der Waals surface area contributed by atoms with Crippen molar-refractivity contribution in [2.75, 3.05) is 29.9 Å². The summed E-state index contributed by atoms with van der Waals surface area (Å²) in [6.45, 7) is 0.482. The van der Waals surface area contributed by atoms with Gasteiger partial charge in [0.25, 0.3) is 11.8 Å². The van der Waals surface area contributed by atoms with Crippen molar-refractivity contribution in [3.8, 4) is 0 Å². The second-order valence-corrected chi connectivity index (χ2v) is 10.3. The number of hydrogen-bond acceptors (Lipinski definition) is 6. The van der Waals surface area contributed by atoms with Crippen molar-refractivity contribution in [3.63, 3.8) is 0 Å². The molecule has 12 heteroatoms. The molecule has 1 N–H and O–H groups in total. The maximum atomic E-state index is 13.5. The Hall–Kier alpha value is -3.22. The summed E-state index contributed by atoms with van der Waals surface area (Å²) in [5.41, 5.74) is 0.105. The first-order valence-electron chi connectivity index (χ1n) is 11.4. The molecule has 5 rings (SSSR count). The molecule has 0 radical (unpaired) electrons. The number of halogens is 3. The highest BCUT2D eigenvalue weighted by molar-refractivity contribution is 8.26. The Balaban J connectivity index is 1.39. The van der Waals surface area contributed by atoms with Crippen molar-refractivity contribution in [1.82, 2.24) is 4.90 Å². The molecule has 37 heavy (non-hydrogen) atoms. The average Bonchev–Trinajstić information content (AvgIpc) is 3.53. The second kappa shape index (κ2) is 9.92. The molecule has 1 atom stereocenters. The van der Waals surface area contributed by atoms with E-state index in [1.54, 1.807) is 24.3 Å². The fourth-order valence-electron chi connectivity index (χ4n) is 4.47. The summed E-state index contributed by atoms with van der Waals surface area (Å²) in [5.74, 6) is -1.63. The lowest BCUT2D eigenvalue weighted by atomic mass is 10.1. The number of para-hydroxylation sites is 1. The van der Waals surface area contributed by atoms with Gasteiger partial charge < -0.3 is 10.1 Å². The molecule has 7 nitrogen and oxygen atoms in total. The Labute approximate surface area is 219 Å². The lowest BCUT2D eigenvalue weighted by Gasteiger charge is -2.18. The van der Waals surface area contributed by atoms with Crippen molar-refractivity contribution >= 4 is 63.0 Å². The number of hydrogen-bond donors (Lipinski definition) is 1. The summed E-state index contributed by atoms with van der Waals surface area (Å²) in [6, 6.07) is 11.0. The van der Waals surface area contributed by atoms with E-state index in [0.29, 0.717) is 28.7 Å². The van der Waals surface area contributed by atoms with E-state index in [4.69, 9.17) is 17.0 Å². The second-order valence-electron chi connectivity index (χ2n) is 8.66. The third-order valence-electron chi connectivity index (χ3n) is 6.18. The van der Waals surface area contributed by atoms with Gasteiger partial charge in [-0.15, -0.1) is 0 Å². The van der Waals surface area contributed by atoms with Gasteiger partial charge in [-0.05, 0) is 37.1 Å². The van der Waals surface area contributed by atoms with Crippen LogP contribution in [-0.2, 0) is 25.3 Å².